The van der Waals surface area contributed by atoms with Crippen molar-refractivity contribution in [2.45, 2.75) is 4.90 Å². The summed E-state index contributed by atoms with van der Waals surface area (Å²) >= 11 is 0. The number of rotatable bonds is 4. The molecule has 0 amide bonds. The molecular formula is C13H11F2N3O2S. The van der Waals surface area contributed by atoms with E-state index in [1.807, 2.05) is 0 Å². The molecule has 0 fully saturated rings. The van der Waals surface area contributed by atoms with Gasteiger partial charge in [-0.1, -0.05) is 0 Å². The third-order valence-electron chi connectivity index (χ3n) is 2.65. The number of hydrogen-bond donors (Lipinski definition) is 3. The predicted molar refractivity (Wildman–Crippen MR) is 74.6 cm³/mol. The second kappa shape index (κ2) is 5.49. The highest BCUT2D eigenvalue weighted by Crippen LogP contribution is 2.18. The van der Waals surface area contributed by atoms with Gasteiger partial charge >= 0.3 is 0 Å². The lowest BCUT2D eigenvalue weighted by Crippen LogP contribution is -2.14. The molecule has 0 unspecified atom stereocenters. The fraction of sp³-hybridized carbons (Fsp3) is 0. The van der Waals surface area contributed by atoms with Crippen LogP contribution >= 0.6 is 0 Å². The minimum absolute atomic E-state index is 0.148. The van der Waals surface area contributed by atoms with Crippen LogP contribution < -0.4 is 10.5 Å². The molecule has 0 spiro atoms. The average Bonchev–Trinajstić information content (AvgIpc) is 2.42. The van der Waals surface area contributed by atoms with Crippen LogP contribution in [0.2, 0.25) is 0 Å². The van der Waals surface area contributed by atoms with Gasteiger partial charge in [0, 0.05) is 11.3 Å². The van der Waals surface area contributed by atoms with E-state index in [1.54, 1.807) is 0 Å². The number of hydrogen-bond acceptors (Lipinski definition) is 3. The number of nitrogens with one attached hydrogen (secondary N) is 2. The molecule has 21 heavy (non-hydrogen) atoms. The van der Waals surface area contributed by atoms with Crippen molar-refractivity contribution in [1.29, 1.82) is 5.41 Å². The van der Waals surface area contributed by atoms with Gasteiger partial charge in [0.05, 0.1) is 4.90 Å². The highest BCUT2D eigenvalue weighted by molar-refractivity contribution is 7.92. The Morgan fingerprint density at radius 1 is 1.05 bits per heavy atom. The Morgan fingerprint density at radius 3 is 2.19 bits per heavy atom. The summed E-state index contributed by atoms with van der Waals surface area (Å²) in [6.45, 7) is 0. The summed E-state index contributed by atoms with van der Waals surface area (Å²) in [5.74, 6) is -2.52. The van der Waals surface area contributed by atoms with Gasteiger partial charge in [-0.25, -0.2) is 17.2 Å². The summed E-state index contributed by atoms with van der Waals surface area (Å²) in [5.41, 5.74) is 5.93. The molecule has 0 bridgehead atoms. The number of nitrogens with two attached hydrogens (primary N) is 1. The lowest BCUT2D eigenvalue weighted by atomic mass is 10.2. The first-order chi connectivity index (χ1) is 9.79. The van der Waals surface area contributed by atoms with Crippen LogP contribution in [-0.4, -0.2) is 14.3 Å². The normalized spacial score (nSPS) is 11.1. The molecule has 0 aromatic heterocycles. The van der Waals surface area contributed by atoms with Gasteiger partial charge in [0.25, 0.3) is 10.0 Å². The van der Waals surface area contributed by atoms with Crippen LogP contribution in [-0.2, 0) is 10.0 Å². The summed E-state index contributed by atoms with van der Waals surface area (Å²) in [5, 5.41) is 7.23. The number of anilines is 1. The van der Waals surface area contributed by atoms with E-state index in [2.05, 4.69) is 4.72 Å². The maximum atomic E-state index is 13.1. The van der Waals surface area contributed by atoms with Gasteiger partial charge in [-0.05, 0) is 42.5 Å². The van der Waals surface area contributed by atoms with E-state index >= 15 is 0 Å². The van der Waals surface area contributed by atoms with Crippen LogP contribution in [0.4, 0.5) is 14.5 Å². The molecule has 0 aliphatic rings. The Hall–Kier alpha value is -2.48. The summed E-state index contributed by atoms with van der Waals surface area (Å²) in [4.78, 5) is -0.392. The van der Waals surface area contributed by atoms with Crippen molar-refractivity contribution in [2.24, 2.45) is 5.73 Å². The Balaban J connectivity index is 2.28. The summed E-state index contributed by atoms with van der Waals surface area (Å²) in [6.07, 6.45) is 0. The molecule has 110 valence electrons. The predicted octanol–water partition coefficient (Wildman–Crippen LogP) is 2.05. The molecule has 0 saturated heterocycles. The molecule has 2 rings (SSSR count). The largest absolute Gasteiger partial charge is 0.384 e. The van der Waals surface area contributed by atoms with Gasteiger partial charge in [-0.3, -0.25) is 10.1 Å². The molecule has 8 heteroatoms. The van der Waals surface area contributed by atoms with E-state index in [9.17, 15) is 17.2 Å². The molecule has 0 radical (unpaired) electrons. The molecule has 2 aromatic rings. The van der Waals surface area contributed by atoms with Crippen LogP contribution in [0.25, 0.3) is 0 Å². The fourth-order valence-electron chi connectivity index (χ4n) is 1.58. The second-order valence-electron chi connectivity index (χ2n) is 4.17. The first-order valence-electron chi connectivity index (χ1n) is 5.72. The van der Waals surface area contributed by atoms with Crippen LogP contribution in [0.15, 0.2) is 47.4 Å². The number of sulfonamides is 1. The van der Waals surface area contributed by atoms with Crippen LogP contribution in [0, 0.1) is 17.0 Å². The van der Waals surface area contributed by atoms with Gasteiger partial charge < -0.3 is 5.73 Å². The monoisotopic (exact) mass is 311 g/mol. The lowest BCUT2D eigenvalue weighted by Gasteiger charge is -2.09. The minimum atomic E-state index is -4.03. The zero-order chi connectivity index (χ0) is 15.6. The topological polar surface area (TPSA) is 96.0 Å². The Bertz CT molecular complexity index is 790. The van der Waals surface area contributed by atoms with Crippen molar-refractivity contribution < 1.29 is 17.2 Å². The highest BCUT2D eigenvalue weighted by atomic mass is 32.2. The zero-order valence-electron chi connectivity index (χ0n) is 10.6. The van der Waals surface area contributed by atoms with Crippen molar-refractivity contribution in [3.8, 4) is 0 Å². The van der Waals surface area contributed by atoms with Crippen molar-refractivity contribution in [1.82, 2.24) is 0 Å². The second-order valence-corrected chi connectivity index (χ2v) is 5.85. The molecule has 2 aromatic carbocycles. The molecule has 0 saturated carbocycles. The zero-order valence-corrected chi connectivity index (χ0v) is 11.4. The molecule has 0 aliphatic heterocycles. The molecule has 4 N–H and O–H groups in total. The standard InChI is InChI=1S/C13H11F2N3O2S/c14-11-6-5-10(7-12(11)15)21(19,20)18-9-3-1-8(2-4-9)13(16)17/h1-7,18H,(H3,16,17). The van der Waals surface area contributed by atoms with Gasteiger partial charge in [0.15, 0.2) is 11.6 Å². The van der Waals surface area contributed by atoms with Crippen LogP contribution in [0.5, 0.6) is 0 Å². The third kappa shape index (κ3) is 3.34. The number of halogens is 2. The van der Waals surface area contributed by atoms with E-state index in [0.717, 1.165) is 12.1 Å². The quantitative estimate of drug-likeness (QED) is 0.595. The van der Waals surface area contributed by atoms with Gasteiger partial charge in [0.2, 0.25) is 0 Å². The van der Waals surface area contributed by atoms with Crippen LogP contribution in [0.1, 0.15) is 5.56 Å². The number of nitrogen functional groups attached to an aromatic ring is 1. The molecule has 5 nitrogen and oxygen atoms in total. The molecule has 0 heterocycles. The summed E-state index contributed by atoms with van der Waals surface area (Å²) in [6, 6.07) is 8.05. The van der Waals surface area contributed by atoms with E-state index in [-0.39, 0.29) is 11.5 Å². The summed E-state index contributed by atoms with van der Waals surface area (Å²) in [7, 11) is -4.03. The van der Waals surface area contributed by atoms with Crippen LogP contribution in [0.3, 0.4) is 0 Å². The van der Waals surface area contributed by atoms with Crippen molar-refractivity contribution in [3.05, 3.63) is 59.7 Å². The van der Waals surface area contributed by atoms with Crippen molar-refractivity contribution in [2.75, 3.05) is 4.72 Å². The average molecular weight is 311 g/mol. The Kier molecular flexibility index (Phi) is 3.90. The SMILES string of the molecule is N=C(N)c1ccc(NS(=O)(=O)c2ccc(F)c(F)c2)cc1. The fourth-order valence-corrected chi connectivity index (χ4v) is 2.65. The van der Waals surface area contributed by atoms with Gasteiger partial charge in [0.1, 0.15) is 5.84 Å². The lowest BCUT2D eigenvalue weighted by molar-refractivity contribution is 0.504. The molecular weight excluding hydrogens is 300 g/mol. The smallest absolute Gasteiger partial charge is 0.261 e. The first kappa shape index (κ1) is 14.9. The maximum absolute atomic E-state index is 13.1. The highest BCUT2D eigenvalue weighted by Gasteiger charge is 2.16. The number of benzene rings is 2. The Labute approximate surface area is 120 Å². The van der Waals surface area contributed by atoms with Gasteiger partial charge in [-0.15, -0.1) is 0 Å². The molecule has 0 atom stereocenters. The minimum Gasteiger partial charge on any atom is -0.384 e. The maximum Gasteiger partial charge on any atom is 0.261 e. The van der Waals surface area contributed by atoms with E-state index in [4.69, 9.17) is 11.1 Å². The summed E-state index contributed by atoms with van der Waals surface area (Å²) < 4.78 is 52.1. The molecule has 0 aliphatic carbocycles. The van der Waals surface area contributed by atoms with Crippen molar-refractivity contribution >= 4 is 21.5 Å². The van der Waals surface area contributed by atoms with E-state index in [1.165, 1.54) is 24.3 Å². The Morgan fingerprint density at radius 2 is 1.67 bits per heavy atom. The number of amidine groups is 1. The van der Waals surface area contributed by atoms with E-state index in [0.29, 0.717) is 11.6 Å². The van der Waals surface area contributed by atoms with Gasteiger partial charge in [-0.2, -0.15) is 0 Å². The third-order valence-corrected chi connectivity index (χ3v) is 4.03. The first-order valence-corrected chi connectivity index (χ1v) is 7.20. The van der Waals surface area contributed by atoms with Crippen molar-refractivity contribution in [3.63, 3.8) is 0 Å². The van der Waals surface area contributed by atoms with E-state index < -0.39 is 26.6 Å².